The van der Waals surface area contributed by atoms with Crippen LogP contribution in [0.1, 0.15) is 36.6 Å². The molecule has 3 heterocycles. The highest BCUT2D eigenvalue weighted by Crippen LogP contribution is 2.32. The molecule has 0 spiro atoms. The third kappa shape index (κ3) is 3.48. The summed E-state index contributed by atoms with van der Waals surface area (Å²) < 4.78 is 10.1. The average Bonchev–Trinajstić information content (AvgIpc) is 2.91. The molecule has 1 saturated carbocycles. The lowest BCUT2D eigenvalue weighted by Gasteiger charge is -2.18. The molecule has 4 rings (SSSR count). The van der Waals surface area contributed by atoms with Crippen molar-refractivity contribution in [3.63, 3.8) is 0 Å². The van der Waals surface area contributed by atoms with E-state index in [2.05, 4.69) is 30.8 Å². The Balaban J connectivity index is 1.32. The van der Waals surface area contributed by atoms with Crippen molar-refractivity contribution in [3.05, 3.63) is 36.2 Å². The Morgan fingerprint density at radius 2 is 2.22 bits per heavy atom. The van der Waals surface area contributed by atoms with Crippen LogP contribution in [-0.4, -0.2) is 38.5 Å². The molecule has 2 aromatic heterocycles. The fourth-order valence-electron chi connectivity index (χ4n) is 3.33. The van der Waals surface area contributed by atoms with Gasteiger partial charge >= 0.3 is 0 Å². The third-order valence-electron chi connectivity index (χ3n) is 4.92. The maximum absolute atomic E-state index is 5.96. The van der Waals surface area contributed by atoms with Gasteiger partial charge in [0.25, 0.3) is 0 Å². The molecule has 0 unspecified atom stereocenters. The molecule has 1 aliphatic carbocycles. The summed E-state index contributed by atoms with van der Waals surface area (Å²) in [5, 5.41) is 8.16. The van der Waals surface area contributed by atoms with Gasteiger partial charge in [-0.1, -0.05) is 0 Å². The minimum Gasteiger partial charge on any atom is -0.372 e. The van der Waals surface area contributed by atoms with Gasteiger partial charge in [0.1, 0.15) is 6.10 Å². The van der Waals surface area contributed by atoms with Crippen molar-refractivity contribution in [2.75, 3.05) is 13.2 Å². The van der Waals surface area contributed by atoms with Crippen LogP contribution in [0.3, 0.4) is 0 Å². The number of rotatable bonds is 7. The first-order valence-electron chi connectivity index (χ1n) is 8.62. The lowest BCUT2D eigenvalue weighted by atomic mass is 10.1. The maximum atomic E-state index is 5.96. The highest BCUT2D eigenvalue weighted by molar-refractivity contribution is 5.13. The number of hydrogen-bond donors (Lipinski definition) is 1. The molecule has 23 heavy (non-hydrogen) atoms. The Labute approximate surface area is 136 Å². The van der Waals surface area contributed by atoms with Gasteiger partial charge < -0.3 is 14.6 Å². The molecule has 0 aromatic carbocycles. The van der Waals surface area contributed by atoms with Crippen molar-refractivity contribution in [1.29, 1.82) is 0 Å². The van der Waals surface area contributed by atoms with Crippen LogP contribution in [0.25, 0.3) is 0 Å². The quantitative estimate of drug-likeness (QED) is 0.845. The molecule has 1 aliphatic heterocycles. The van der Waals surface area contributed by atoms with Crippen LogP contribution >= 0.6 is 0 Å². The second-order valence-electron chi connectivity index (χ2n) is 6.83. The smallest absolute Gasteiger partial charge is 0.101 e. The number of nitrogens with zero attached hydrogens (tertiary/aromatic N) is 4. The molecule has 1 saturated heterocycles. The Hall–Kier alpha value is -1.66. The van der Waals surface area contributed by atoms with Crippen molar-refractivity contribution in [2.45, 2.75) is 44.4 Å². The van der Waals surface area contributed by atoms with Gasteiger partial charge in [-0.15, -0.1) is 0 Å². The van der Waals surface area contributed by atoms with E-state index < -0.39 is 0 Å². The molecule has 0 radical (unpaired) electrons. The van der Waals surface area contributed by atoms with Gasteiger partial charge in [-0.2, -0.15) is 5.10 Å². The lowest BCUT2D eigenvalue weighted by molar-refractivity contribution is 0.0988. The molecule has 6 heteroatoms. The van der Waals surface area contributed by atoms with E-state index in [1.807, 2.05) is 25.8 Å². The van der Waals surface area contributed by atoms with Crippen molar-refractivity contribution in [1.82, 2.24) is 24.6 Å². The number of aromatic nitrogens is 4. The molecule has 0 amide bonds. The Morgan fingerprint density at radius 3 is 3.00 bits per heavy atom. The van der Waals surface area contributed by atoms with E-state index in [1.165, 1.54) is 24.1 Å². The molecule has 2 fully saturated rings. The van der Waals surface area contributed by atoms with Crippen molar-refractivity contribution < 1.29 is 4.74 Å². The second kappa shape index (κ2) is 6.45. The minimum atomic E-state index is 0.134. The largest absolute Gasteiger partial charge is 0.372 e. The van der Waals surface area contributed by atoms with Crippen LogP contribution in [0.4, 0.5) is 0 Å². The summed E-state index contributed by atoms with van der Waals surface area (Å²) in [4.78, 5) is 4.17. The fraction of sp³-hybridized carbons (Fsp3) is 0.647. The van der Waals surface area contributed by atoms with E-state index in [1.54, 1.807) is 0 Å². The van der Waals surface area contributed by atoms with E-state index >= 15 is 0 Å². The first kappa shape index (κ1) is 14.9. The van der Waals surface area contributed by atoms with Gasteiger partial charge in [0.05, 0.1) is 12.5 Å². The van der Waals surface area contributed by atoms with E-state index in [9.17, 15) is 0 Å². The fourth-order valence-corrected chi connectivity index (χ4v) is 3.33. The molecule has 0 bridgehead atoms. The normalized spacial score (nSPS) is 24.4. The Kier molecular flexibility index (Phi) is 4.18. The summed E-state index contributed by atoms with van der Waals surface area (Å²) in [6.45, 7) is 2.83. The van der Waals surface area contributed by atoms with E-state index in [-0.39, 0.29) is 6.10 Å². The predicted octanol–water partition coefficient (Wildman–Crippen LogP) is 1.69. The second-order valence-corrected chi connectivity index (χ2v) is 6.83. The number of aryl methyl sites for hydroxylation is 1. The molecular formula is C17H25N5O. The summed E-state index contributed by atoms with van der Waals surface area (Å²) >= 11 is 0. The predicted molar refractivity (Wildman–Crippen MR) is 87.0 cm³/mol. The monoisotopic (exact) mass is 315 g/mol. The topological polar surface area (TPSA) is 56.9 Å². The number of ether oxygens (including phenoxy) is 1. The van der Waals surface area contributed by atoms with Crippen LogP contribution in [0.15, 0.2) is 24.9 Å². The van der Waals surface area contributed by atoms with Crippen LogP contribution in [0.5, 0.6) is 0 Å². The van der Waals surface area contributed by atoms with Crippen LogP contribution in [0.2, 0.25) is 0 Å². The molecule has 2 aromatic rings. The summed E-state index contributed by atoms with van der Waals surface area (Å²) in [5.41, 5.74) is 2.46. The summed E-state index contributed by atoms with van der Waals surface area (Å²) in [7, 11) is 2.04. The average molecular weight is 315 g/mol. The van der Waals surface area contributed by atoms with Gasteiger partial charge in [0.2, 0.25) is 0 Å². The van der Waals surface area contributed by atoms with E-state index in [0.717, 1.165) is 38.5 Å². The van der Waals surface area contributed by atoms with Gasteiger partial charge in [-0.25, -0.2) is 4.98 Å². The van der Waals surface area contributed by atoms with Gasteiger partial charge in [-0.05, 0) is 25.2 Å². The van der Waals surface area contributed by atoms with Crippen molar-refractivity contribution in [3.8, 4) is 0 Å². The Morgan fingerprint density at radius 1 is 1.30 bits per heavy atom. The van der Waals surface area contributed by atoms with Crippen molar-refractivity contribution in [2.24, 2.45) is 13.0 Å². The Bertz CT molecular complexity index is 645. The zero-order chi connectivity index (χ0) is 15.6. The SMILES string of the molecule is Cn1cncc1CCN[C@H]1CCO[C@@H]1c1cnn(CC2CC2)c1. The van der Waals surface area contributed by atoms with E-state index in [0.29, 0.717) is 6.04 Å². The summed E-state index contributed by atoms with van der Waals surface area (Å²) in [5.74, 6) is 0.847. The summed E-state index contributed by atoms with van der Waals surface area (Å²) in [6.07, 6.45) is 12.8. The first-order valence-corrected chi connectivity index (χ1v) is 8.62. The molecule has 124 valence electrons. The molecular weight excluding hydrogens is 290 g/mol. The zero-order valence-corrected chi connectivity index (χ0v) is 13.7. The third-order valence-corrected chi connectivity index (χ3v) is 4.92. The number of nitrogens with one attached hydrogen (secondary N) is 1. The lowest BCUT2D eigenvalue weighted by Crippen LogP contribution is -2.33. The highest BCUT2D eigenvalue weighted by Gasteiger charge is 2.30. The van der Waals surface area contributed by atoms with Gasteiger partial charge in [0, 0.05) is 62.9 Å². The maximum Gasteiger partial charge on any atom is 0.101 e. The van der Waals surface area contributed by atoms with Gasteiger partial charge in [-0.3, -0.25) is 4.68 Å². The molecule has 6 nitrogen and oxygen atoms in total. The molecule has 1 N–H and O–H groups in total. The number of imidazole rings is 1. The van der Waals surface area contributed by atoms with Crippen LogP contribution in [-0.2, 0) is 24.8 Å². The molecule has 2 atom stereocenters. The standard InChI is InChI=1S/C17H25N5O/c1-21-12-18-9-15(21)4-6-19-16-5-7-23-17(16)14-8-20-22(11-14)10-13-2-3-13/h8-9,11-13,16-17,19H,2-7,10H2,1H3/t16-,17+/m0/s1. The highest BCUT2D eigenvalue weighted by atomic mass is 16.5. The van der Waals surface area contributed by atoms with Gasteiger partial charge in [0.15, 0.2) is 0 Å². The zero-order valence-electron chi connectivity index (χ0n) is 13.7. The van der Waals surface area contributed by atoms with Crippen LogP contribution < -0.4 is 5.32 Å². The minimum absolute atomic E-state index is 0.134. The van der Waals surface area contributed by atoms with Crippen LogP contribution in [0, 0.1) is 5.92 Å². The first-order chi connectivity index (χ1) is 11.3. The molecule has 2 aliphatic rings. The number of hydrogen-bond acceptors (Lipinski definition) is 4. The van der Waals surface area contributed by atoms with Crippen molar-refractivity contribution >= 4 is 0 Å². The summed E-state index contributed by atoms with van der Waals surface area (Å²) in [6, 6.07) is 0.377. The van der Waals surface area contributed by atoms with E-state index in [4.69, 9.17) is 4.74 Å².